The molecule has 0 spiro atoms. The minimum absolute atomic E-state index is 0.0151. The maximum Gasteiger partial charge on any atom is 0.304 e. The van der Waals surface area contributed by atoms with Crippen LogP contribution in [-0.4, -0.2) is 42.2 Å². The van der Waals surface area contributed by atoms with Crippen LogP contribution in [0.2, 0.25) is 0 Å². The lowest BCUT2D eigenvalue weighted by atomic mass is 10.1. The third kappa shape index (κ3) is 6.14. The number of nitrogens with zero attached hydrogens (tertiary/aromatic N) is 1. The lowest BCUT2D eigenvalue weighted by Crippen LogP contribution is -2.37. The fraction of sp³-hybridized carbons (Fsp3) is 0.462. The zero-order valence-corrected chi connectivity index (χ0v) is 12.1. The summed E-state index contributed by atoms with van der Waals surface area (Å²) in [6.07, 6.45) is 0.941. The number of nitrogens with two attached hydrogens (primary N) is 1. The summed E-state index contributed by atoms with van der Waals surface area (Å²) < 4.78 is 1.07. The number of carboxylic acids is 1. The van der Waals surface area contributed by atoms with Gasteiger partial charge in [0.1, 0.15) is 0 Å². The smallest absolute Gasteiger partial charge is 0.304 e. The largest absolute Gasteiger partial charge is 0.481 e. The van der Waals surface area contributed by atoms with Crippen LogP contribution < -0.4 is 5.73 Å². The Morgan fingerprint density at radius 3 is 2.89 bits per heavy atom. The van der Waals surface area contributed by atoms with E-state index in [4.69, 9.17) is 10.8 Å². The van der Waals surface area contributed by atoms with E-state index in [1.54, 1.807) is 0 Å². The number of halogens is 1. The highest BCUT2D eigenvalue weighted by Crippen LogP contribution is 2.12. The maximum absolute atomic E-state index is 10.5. The van der Waals surface area contributed by atoms with Gasteiger partial charge in [-0.15, -0.1) is 0 Å². The van der Waals surface area contributed by atoms with Gasteiger partial charge < -0.3 is 15.7 Å². The third-order valence-electron chi connectivity index (χ3n) is 2.65. The van der Waals surface area contributed by atoms with E-state index < -0.39 is 5.97 Å². The van der Waals surface area contributed by atoms with Crippen LogP contribution in [0.4, 0.5) is 0 Å². The van der Waals surface area contributed by atoms with Crippen molar-refractivity contribution in [3.8, 4) is 0 Å². The molecule has 4 nitrogen and oxygen atoms in total. The van der Waals surface area contributed by atoms with E-state index >= 15 is 0 Å². The van der Waals surface area contributed by atoms with Crippen molar-refractivity contribution in [3.05, 3.63) is 34.3 Å². The molecule has 0 aliphatic rings. The van der Waals surface area contributed by atoms with Gasteiger partial charge >= 0.3 is 5.97 Å². The van der Waals surface area contributed by atoms with E-state index in [0.717, 1.165) is 17.4 Å². The fourth-order valence-electron chi connectivity index (χ4n) is 1.79. The zero-order chi connectivity index (χ0) is 13.5. The Labute approximate surface area is 116 Å². The number of hydrogen-bond donors (Lipinski definition) is 2. The van der Waals surface area contributed by atoms with Gasteiger partial charge in [-0.1, -0.05) is 28.1 Å². The number of likely N-dealkylation sites (N-methyl/N-ethyl adjacent to an activating group) is 1. The van der Waals surface area contributed by atoms with Crippen molar-refractivity contribution in [1.82, 2.24) is 4.90 Å². The second kappa shape index (κ2) is 7.51. The molecule has 0 amide bonds. The van der Waals surface area contributed by atoms with Crippen molar-refractivity contribution in [1.29, 1.82) is 0 Å². The second-order valence-electron chi connectivity index (χ2n) is 4.50. The molecular formula is C13H19BrN2O2. The first-order chi connectivity index (χ1) is 8.47. The van der Waals surface area contributed by atoms with Crippen molar-refractivity contribution < 1.29 is 9.90 Å². The Morgan fingerprint density at radius 2 is 2.28 bits per heavy atom. The van der Waals surface area contributed by atoms with Gasteiger partial charge in [0, 0.05) is 23.6 Å². The molecule has 0 heterocycles. The van der Waals surface area contributed by atoms with E-state index in [2.05, 4.69) is 33.0 Å². The fourth-order valence-corrected chi connectivity index (χ4v) is 2.24. The summed E-state index contributed by atoms with van der Waals surface area (Å²) in [5.74, 6) is -0.845. The number of carboxylic acid groups (broad SMARTS) is 1. The lowest BCUT2D eigenvalue weighted by molar-refractivity contribution is -0.137. The Hall–Kier alpha value is -0.910. The summed E-state index contributed by atoms with van der Waals surface area (Å²) in [5.41, 5.74) is 6.99. The van der Waals surface area contributed by atoms with Crippen molar-refractivity contribution >= 4 is 21.9 Å². The molecule has 18 heavy (non-hydrogen) atoms. The van der Waals surface area contributed by atoms with Crippen LogP contribution >= 0.6 is 15.9 Å². The molecule has 0 saturated heterocycles. The average Bonchev–Trinajstić information content (AvgIpc) is 2.25. The Balaban J connectivity index is 2.32. The van der Waals surface area contributed by atoms with Gasteiger partial charge in [0.05, 0.1) is 6.42 Å². The van der Waals surface area contributed by atoms with Gasteiger partial charge in [-0.3, -0.25) is 4.79 Å². The number of carbonyl (C=O) groups is 1. The van der Waals surface area contributed by atoms with Gasteiger partial charge in [-0.2, -0.15) is 0 Å². The molecule has 1 atom stereocenters. The maximum atomic E-state index is 10.5. The Bertz CT molecular complexity index is 398. The molecule has 0 aromatic heterocycles. The highest BCUT2D eigenvalue weighted by atomic mass is 79.9. The molecule has 1 rings (SSSR count). The molecule has 0 fully saturated rings. The summed E-state index contributed by atoms with van der Waals surface area (Å²) in [6.45, 7) is 1.46. The first kappa shape index (κ1) is 15.1. The summed E-state index contributed by atoms with van der Waals surface area (Å²) in [7, 11) is 1.96. The van der Waals surface area contributed by atoms with Crippen LogP contribution in [0.1, 0.15) is 12.0 Å². The molecule has 0 aliphatic heterocycles. The van der Waals surface area contributed by atoms with Crippen molar-refractivity contribution in [2.75, 3.05) is 20.1 Å². The minimum Gasteiger partial charge on any atom is -0.481 e. The second-order valence-corrected chi connectivity index (χ2v) is 5.42. The van der Waals surface area contributed by atoms with Gasteiger partial charge in [-0.05, 0) is 31.2 Å². The monoisotopic (exact) mass is 314 g/mol. The van der Waals surface area contributed by atoms with E-state index in [9.17, 15) is 4.79 Å². The molecule has 1 aromatic carbocycles. The molecule has 1 aromatic rings. The highest BCUT2D eigenvalue weighted by molar-refractivity contribution is 9.10. The first-order valence-electron chi connectivity index (χ1n) is 5.87. The predicted octanol–water partition coefficient (Wildman–Crippen LogP) is 1.73. The van der Waals surface area contributed by atoms with E-state index in [0.29, 0.717) is 6.54 Å². The normalized spacial score (nSPS) is 12.7. The quantitative estimate of drug-likeness (QED) is 0.804. The molecular weight excluding hydrogens is 296 g/mol. The van der Waals surface area contributed by atoms with E-state index in [-0.39, 0.29) is 12.5 Å². The highest BCUT2D eigenvalue weighted by Gasteiger charge is 2.10. The first-order valence-corrected chi connectivity index (χ1v) is 6.67. The van der Waals surface area contributed by atoms with Crippen molar-refractivity contribution in [2.24, 2.45) is 5.73 Å². The van der Waals surface area contributed by atoms with Crippen LogP contribution in [0, 0.1) is 0 Å². The summed E-state index contributed by atoms with van der Waals surface area (Å²) in [5, 5.41) is 8.63. The minimum atomic E-state index is -0.845. The van der Waals surface area contributed by atoms with Crippen LogP contribution in [0.15, 0.2) is 28.7 Å². The van der Waals surface area contributed by atoms with Gasteiger partial charge in [0.25, 0.3) is 0 Å². The molecule has 3 N–H and O–H groups in total. The van der Waals surface area contributed by atoms with Crippen LogP contribution in [0.25, 0.3) is 0 Å². The molecule has 5 heteroatoms. The molecule has 1 unspecified atom stereocenters. The SMILES string of the molecule is CN(CCc1cccc(Br)c1)CC(N)CC(=O)O. The standard InChI is InChI=1S/C13H19BrN2O2/c1-16(9-12(15)8-13(17)18)6-5-10-3-2-4-11(14)7-10/h2-4,7,12H,5-6,8-9,15H2,1H3,(H,17,18). The van der Waals surface area contributed by atoms with Crippen LogP contribution in [-0.2, 0) is 11.2 Å². The topological polar surface area (TPSA) is 66.6 Å². The summed E-state index contributed by atoms with van der Waals surface area (Å²) in [4.78, 5) is 12.6. The van der Waals surface area contributed by atoms with E-state index in [1.807, 2.05) is 19.2 Å². The van der Waals surface area contributed by atoms with Gasteiger partial charge in [0.15, 0.2) is 0 Å². The number of aliphatic carboxylic acids is 1. The molecule has 100 valence electrons. The van der Waals surface area contributed by atoms with Crippen LogP contribution in [0.5, 0.6) is 0 Å². The number of benzene rings is 1. The summed E-state index contributed by atoms with van der Waals surface area (Å²) in [6, 6.07) is 7.86. The van der Waals surface area contributed by atoms with Crippen molar-refractivity contribution in [3.63, 3.8) is 0 Å². The lowest BCUT2D eigenvalue weighted by Gasteiger charge is -2.20. The van der Waals surface area contributed by atoms with E-state index in [1.165, 1.54) is 5.56 Å². The Kier molecular flexibility index (Phi) is 6.32. The summed E-state index contributed by atoms with van der Waals surface area (Å²) >= 11 is 3.44. The molecule has 0 radical (unpaired) electrons. The molecule has 0 aliphatic carbocycles. The Morgan fingerprint density at radius 1 is 1.56 bits per heavy atom. The predicted molar refractivity (Wildman–Crippen MR) is 75.6 cm³/mol. The third-order valence-corrected chi connectivity index (χ3v) is 3.15. The molecule has 0 bridgehead atoms. The average molecular weight is 315 g/mol. The van der Waals surface area contributed by atoms with Crippen LogP contribution in [0.3, 0.4) is 0 Å². The van der Waals surface area contributed by atoms with Gasteiger partial charge in [0.2, 0.25) is 0 Å². The number of rotatable bonds is 7. The van der Waals surface area contributed by atoms with Gasteiger partial charge in [-0.25, -0.2) is 0 Å². The van der Waals surface area contributed by atoms with Crippen molar-refractivity contribution in [2.45, 2.75) is 18.9 Å². The number of hydrogen-bond acceptors (Lipinski definition) is 3. The zero-order valence-electron chi connectivity index (χ0n) is 10.5. The molecule has 0 saturated carbocycles.